The maximum absolute atomic E-state index is 8.82. The van der Waals surface area contributed by atoms with Gasteiger partial charge in [-0.3, -0.25) is 0 Å². The van der Waals surface area contributed by atoms with Crippen molar-refractivity contribution in [2.75, 3.05) is 0 Å². The molecular weight excluding hydrogens is 317 g/mol. The second-order valence-electron chi connectivity index (χ2n) is 2.47. The molecule has 13 heavy (non-hydrogen) atoms. The van der Waals surface area contributed by atoms with Crippen molar-refractivity contribution in [1.82, 2.24) is 0 Å². The van der Waals surface area contributed by atoms with E-state index in [9.17, 15) is 0 Å². The van der Waals surface area contributed by atoms with E-state index in [2.05, 4.69) is 28.7 Å². The van der Waals surface area contributed by atoms with Crippen LogP contribution in [-0.2, 0) is 0 Å². The van der Waals surface area contributed by atoms with E-state index in [0.29, 0.717) is 0 Å². The largest absolute Gasteiger partial charge is 0.191 e. The van der Waals surface area contributed by atoms with Crippen LogP contribution in [-0.4, -0.2) is 0 Å². The Labute approximate surface area is 98.1 Å². The summed E-state index contributed by atoms with van der Waals surface area (Å²) in [6.45, 7) is 0. The van der Waals surface area contributed by atoms with Crippen LogP contribution in [0.25, 0.3) is 10.1 Å². The van der Waals surface area contributed by atoms with E-state index >= 15 is 0 Å². The predicted molar refractivity (Wildman–Crippen MR) is 64.3 cm³/mol. The molecule has 2 aromatic rings. The molecule has 0 amide bonds. The van der Waals surface area contributed by atoms with E-state index in [1.807, 2.05) is 18.2 Å². The van der Waals surface area contributed by atoms with Crippen LogP contribution in [0.5, 0.6) is 0 Å². The van der Waals surface area contributed by atoms with Gasteiger partial charge in [-0.25, -0.2) is 0 Å². The Kier molecular flexibility index (Phi) is 2.45. The van der Waals surface area contributed by atoms with Crippen molar-refractivity contribution < 1.29 is 0 Å². The van der Waals surface area contributed by atoms with Crippen LogP contribution >= 0.6 is 45.5 Å². The van der Waals surface area contributed by atoms with Crippen molar-refractivity contribution in [3.63, 3.8) is 0 Å². The SMILES string of the molecule is N#Cc1sc2cccc(Cl)c2c1I. The van der Waals surface area contributed by atoms with Crippen LogP contribution in [0.15, 0.2) is 18.2 Å². The third-order valence-electron chi connectivity index (χ3n) is 1.71. The minimum absolute atomic E-state index is 0.722. The first kappa shape index (κ1) is 9.25. The summed E-state index contributed by atoms with van der Waals surface area (Å²) in [5.41, 5.74) is 0. The summed E-state index contributed by atoms with van der Waals surface area (Å²) < 4.78 is 2.04. The molecule has 0 aliphatic carbocycles. The Bertz CT molecular complexity index is 512. The second-order valence-corrected chi connectivity index (χ2v) is 5.01. The van der Waals surface area contributed by atoms with Gasteiger partial charge in [-0.1, -0.05) is 17.7 Å². The van der Waals surface area contributed by atoms with E-state index in [1.54, 1.807) is 0 Å². The van der Waals surface area contributed by atoms with Crippen LogP contribution < -0.4 is 0 Å². The maximum atomic E-state index is 8.82. The van der Waals surface area contributed by atoms with Gasteiger partial charge in [0.05, 0.1) is 8.59 Å². The number of thiophene rings is 1. The van der Waals surface area contributed by atoms with E-state index in [1.165, 1.54) is 11.3 Å². The summed E-state index contributed by atoms with van der Waals surface area (Å²) >= 11 is 9.67. The quantitative estimate of drug-likeness (QED) is 0.673. The average molecular weight is 320 g/mol. The molecule has 4 heteroatoms. The first-order valence-electron chi connectivity index (χ1n) is 3.50. The van der Waals surface area contributed by atoms with Gasteiger partial charge >= 0.3 is 0 Å². The van der Waals surface area contributed by atoms with Crippen molar-refractivity contribution in [2.24, 2.45) is 0 Å². The van der Waals surface area contributed by atoms with Crippen molar-refractivity contribution in [2.45, 2.75) is 0 Å². The molecular formula is C9H3ClINS. The fourth-order valence-electron chi connectivity index (χ4n) is 1.14. The minimum atomic E-state index is 0.722. The molecule has 0 radical (unpaired) electrons. The number of benzene rings is 1. The standard InChI is InChI=1S/C9H3ClINS/c10-5-2-1-3-6-8(5)9(11)7(4-12)13-6/h1-3H. The molecule has 1 aromatic carbocycles. The van der Waals surface area contributed by atoms with Crippen LogP contribution in [0.4, 0.5) is 0 Å². The molecule has 0 bridgehead atoms. The van der Waals surface area contributed by atoms with E-state index in [4.69, 9.17) is 16.9 Å². The third-order valence-corrected chi connectivity index (χ3v) is 4.53. The first-order valence-corrected chi connectivity index (χ1v) is 5.78. The maximum Gasteiger partial charge on any atom is 0.119 e. The fraction of sp³-hybridized carbons (Fsp3) is 0. The molecule has 0 aliphatic rings. The predicted octanol–water partition coefficient (Wildman–Crippen LogP) is 4.03. The molecule has 0 fully saturated rings. The Hall–Kier alpha value is -0.310. The smallest absolute Gasteiger partial charge is 0.119 e. The molecule has 64 valence electrons. The lowest BCUT2D eigenvalue weighted by molar-refractivity contribution is 1.52. The number of fused-ring (bicyclic) bond motifs is 1. The number of halogens is 2. The lowest BCUT2D eigenvalue weighted by Gasteiger charge is -1.92. The number of nitriles is 1. The molecule has 0 atom stereocenters. The fourth-order valence-corrected chi connectivity index (χ4v) is 3.76. The average Bonchev–Trinajstić information content (AvgIpc) is 2.44. The van der Waals surface area contributed by atoms with Crippen molar-refractivity contribution in [3.05, 3.63) is 31.7 Å². The van der Waals surface area contributed by atoms with Crippen LogP contribution in [0.1, 0.15) is 4.88 Å². The molecule has 0 spiro atoms. The number of rotatable bonds is 0. The molecule has 0 N–H and O–H groups in total. The number of hydrogen-bond donors (Lipinski definition) is 0. The topological polar surface area (TPSA) is 23.8 Å². The lowest BCUT2D eigenvalue weighted by Crippen LogP contribution is -1.72. The van der Waals surface area contributed by atoms with Gasteiger partial charge in [0, 0.05) is 10.1 Å². The zero-order chi connectivity index (χ0) is 9.42. The molecule has 1 heterocycles. The van der Waals surface area contributed by atoms with E-state index in [-0.39, 0.29) is 0 Å². The molecule has 0 aliphatic heterocycles. The molecule has 0 saturated carbocycles. The summed E-state index contributed by atoms with van der Waals surface area (Å²) in [6.07, 6.45) is 0. The third kappa shape index (κ3) is 1.43. The molecule has 1 aromatic heterocycles. The Morgan fingerprint density at radius 3 is 2.85 bits per heavy atom. The Morgan fingerprint density at radius 1 is 1.46 bits per heavy atom. The van der Waals surface area contributed by atoms with Gasteiger partial charge in [0.25, 0.3) is 0 Å². The number of nitrogens with zero attached hydrogens (tertiary/aromatic N) is 1. The number of hydrogen-bond acceptors (Lipinski definition) is 2. The highest BCUT2D eigenvalue weighted by molar-refractivity contribution is 14.1. The van der Waals surface area contributed by atoms with E-state index in [0.717, 1.165) is 23.6 Å². The van der Waals surface area contributed by atoms with E-state index < -0.39 is 0 Å². The highest BCUT2D eigenvalue weighted by Gasteiger charge is 2.11. The zero-order valence-electron chi connectivity index (χ0n) is 6.34. The van der Waals surface area contributed by atoms with Crippen molar-refractivity contribution in [1.29, 1.82) is 5.26 Å². The monoisotopic (exact) mass is 319 g/mol. The van der Waals surface area contributed by atoms with Crippen LogP contribution in [0, 0.1) is 14.9 Å². The van der Waals surface area contributed by atoms with Crippen molar-refractivity contribution in [3.8, 4) is 6.07 Å². The van der Waals surface area contributed by atoms with Gasteiger partial charge < -0.3 is 0 Å². The van der Waals surface area contributed by atoms with Crippen molar-refractivity contribution >= 4 is 55.6 Å². The normalized spacial score (nSPS) is 10.2. The van der Waals surface area contributed by atoms with Gasteiger partial charge in [-0.05, 0) is 34.7 Å². The highest BCUT2D eigenvalue weighted by Crippen LogP contribution is 2.36. The highest BCUT2D eigenvalue weighted by atomic mass is 127. The van der Waals surface area contributed by atoms with Gasteiger partial charge in [-0.2, -0.15) is 5.26 Å². The molecule has 2 rings (SSSR count). The van der Waals surface area contributed by atoms with Gasteiger partial charge in [-0.15, -0.1) is 11.3 Å². The Morgan fingerprint density at radius 2 is 2.23 bits per heavy atom. The van der Waals surface area contributed by atoms with Gasteiger partial charge in [0.15, 0.2) is 0 Å². The first-order chi connectivity index (χ1) is 6.24. The Balaban J connectivity index is 2.95. The molecule has 1 nitrogen and oxygen atoms in total. The molecule has 0 saturated heterocycles. The lowest BCUT2D eigenvalue weighted by atomic mass is 10.2. The summed E-state index contributed by atoms with van der Waals surface area (Å²) in [4.78, 5) is 0.740. The summed E-state index contributed by atoms with van der Waals surface area (Å²) in [5.74, 6) is 0. The minimum Gasteiger partial charge on any atom is -0.191 e. The second kappa shape index (κ2) is 3.45. The van der Waals surface area contributed by atoms with Gasteiger partial charge in [0.2, 0.25) is 0 Å². The van der Waals surface area contributed by atoms with Crippen LogP contribution in [0.3, 0.4) is 0 Å². The summed E-state index contributed by atoms with van der Waals surface area (Å²) in [7, 11) is 0. The van der Waals surface area contributed by atoms with Gasteiger partial charge in [0.1, 0.15) is 10.9 Å². The zero-order valence-corrected chi connectivity index (χ0v) is 10.1. The van der Waals surface area contributed by atoms with Crippen LogP contribution in [0.2, 0.25) is 5.02 Å². The summed E-state index contributed by atoms with van der Waals surface area (Å²) in [6, 6.07) is 7.89. The summed E-state index contributed by atoms with van der Waals surface area (Å²) in [5, 5.41) is 10.6. The molecule has 0 unspecified atom stereocenters.